The van der Waals surface area contributed by atoms with Gasteiger partial charge in [-0.3, -0.25) is 0 Å². The molecule has 0 heterocycles. The topological polar surface area (TPSA) is 0 Å². The van der Waals surface area contributed by atoms with Gasteiger partial charge in [-0.25, -0.2) is 0 Å². The van der Waals surface area contributed by atoms with Crippen LogP contribution in [0.5, 0.6) is 0 Å². The summed E-state index contributed by atoms with van der Waals surface area (Å²) in [5.74, 6) is 0. The maximum atomic E-state index is 9.75. The second kappa shape index (κ2) is 9.32. The monoisotopic (exact) mass is 375 g/mol. The normalized spacial score (nSPS) is 11.2. The molecule has 0 nitrogen and oxygen atoms in total. The van der Waals surface area contributed by atoms with Gasteiger partial charge in [-0.15, -0.1) is 0 Å². The predicted molar refractivity (Wildman–Crippen MR) is 30.6 cm³/mol. The molecule has 98 valence electrons. The van der Waals surface area contributed by atoms with Gasteiger partial charge < -0.3 is 51.8 Å². The van der Waals surface area contributed by atoms with Gasteiger partial charge in [-0.2, -0.15) is 0 Å². The van der Waals surface area contributed by atoms with E-state index >= 15 is 0 Å². The zero-order valence-corrected chi connectivity index (χ0v) is 11.0. The Bertz CT molecular complexity index is 91.3. The van der Waals surface area contributed by atoms with Gasteiger partial charge in [0.2, 0.25) is 0 Å². The van der Waals surface area contributed by atoms with E-state index in [9.17, 15) is 51.8 Å². The first-order valence-corrected chi connectivity index (χ1v) is 2.62. The molecule has 0 bridgehead atoms. The Morgan fingerprint density at radius 1 is 0.312 bits per heavy atom. The molecule has 0 aliphatic carbocycles. The van der Waals surface area contributed by atoms with Crippen LogP contribution in [0.4, 0.5) is 51.8 Å². The molecule has 0 aliphatic rings. The molecule has 0 saturated carbocycles. The molecule has 0 spiro atoms. The van der Waals surface area contributed by atoms with Gasteiger partial charge in [0.05, 0.1) is 0 Å². The molecule has 0 atom stereocenters. The molecule has 0 N–H and O–H groups in total. The first-order chi connectivity index (χ1) is 6.00. The third kappa shape index (κ3) is 32800. The largest absolute Gasteiger partial charge is 0.673 e. The van der Waals surface area contributed by atoms with Crippen molar-refractivity contribution in [2.24, 2.45) is 0 Å². The van der Waals surface area contributed by atoms with Gasteiger partial charge in [-0.1, -0.05) is 0 Å². The minimum atomic E-state index is -6.00. The Labute approximate surface area is 101 Å². The van der Waals surface area contributed by atoms with Crippen molar-refractivity contribution in [1.29, 1.82) is 0 Å². The molecule has 0 saturated heterocycles. The van der Waals surface area contributed by atoms with Crippen molar-refractivity contribution in [1.82, 2.24) is 0 Å². The smallest absolute Gasteiger partial charge is 0.418 e. The van der Waals surface area contributed by atoms with Crippen molar-refractivity contribution in [2.45, 2.75) is 0 Å². The van der Waals surface area contributed by atoms with E-state index in [2.05, 4.69) is 0 Å². The van der Waals surface area contributed by atoms with E-state index in [1.807, 2.05) is 0 Å². The Morgan fingerprint density at radius 2 is 0.312 bits per heavy atom. The van der Waals surface area contributed by atoms with Crippen molar-refractivity contribution >= 4 is 21.8 Å². The van der Waals surface area contributed by atoms with Crippen molar-refractivity contribution in [2.75, 3.05) is 0 Å². The van der Waals surface area contributed by atoms with Crippen LogP contribution in [0.2, 0.25) is 0 Å². The van der Waals surface area contributed by atoms with Crippen LogP contribution < -0.4 is 0 Å². The molecule has 0 aliphatic heterocycles. The van der Waals surface area contributed by atoms with Crippen LogP contribution in [0.15, 0.2) is 0 Å². The van der Waals surface area contributed by atoms with Crippen molar-refractivity contribution in [3.05, 3.63) is 0 Å². The molecule has 16 heteroatoms. The summed E-state index contributed by atoms with van der Waals surface area (Å²) >= 11 is 0. The van der Waals surface area contributed by atoms with Gasteiger partial charge in [0.25, 0.3) is 0 Å². The number of hydrogen-bond donors (Lipinski definition) is 0. The van der Waals surface area contributed by atoms with Gasteiger partial charge in [0.1, 0.15) is 0 Å². The zero-order chi connectivity index (χ0) is 13.5. The first-order valence-electron chi connectivity index (χ1n) is 2.62. The van der Waals surface area contributed by atoms with Crippen LogP contribution in [-0.4, -0.2) is 21.8 Å². The van der Waals surface area contributed by atoms with E-state index in [1.165, 1.54) is 0 Å². The molecule has 0 fully saturated rings. The van der Waals surface area contributed by atoms with E-state index in [0.29, 0.717) is 0 Å². The van der Waals surface area contributed by atoms with Crippen molar-refractivity contribution < 1.29 is 79.1 Å². The first kappa shape index (κ1) is 25.2. The molecular formula is B3CdF12-3. The Kier molecular flexibility index (Phi) is 14.7. The second-order valence-corrected chi connectivity index (χ2v) is 1.48. The van der Waals surface area contributed by atoms with Gasteiger partial charge in [0.15, 0.2) is 0 Å². The summed E-state index contributed by atoms with van der Waals surface area (Å²) in [5.41, 5.74) is 0. The average molecular weight is 373 g/mol. The molecule has 0 aromatic rings. The molecule has 0 aromatic carbocycles. The van der Waals surface area contributed by atoms with E-state index in [1.54, 1.807) is 0 Å². The maximum absolute atomic E-state index is 9.75. The number of halogens is 12. The number of rotatable bonds is 0. The van der Waals surface area contributed by atoms with E-state index in [-0.39, 0.29) is 27.3 Å². The van der Waals surface area contributed by atoms with Crippen LogP contribution >= 0.6 is 0 Å². The predicted octanol–water partition coefficient (Wildman–Crippen LogP) is 3.90. The van der Waals surface area contributed by atoms with E-state index in [4.69, 9.17) is 0 Å². The molecule has 0 radical (unpaired) electrons. The quantitative estimate of drug-likeness (QED) is 0.447. The zero-order valence-electron chi connectivity index (χ0n) is 6.97. The summed E-state index contributed by atoms with van der Waals surface area (Å²) < 4.78 is 117. The fraction of sp³-hybridized carbons (Fsp3) is 0. The molecule has 0 rings (SSSR count). The summed E-state index contributed by atoms with van der Waals surface area (Å²) in [4.78, 5) is 0. The molecule has 0 amide bonds. The molecular weight excluding hydrogens is 373 g/mol. The third-order valence-corrected chi connectivity index (χ3v) is 0. The maximum Gasteiger partial charge on any atom is 0.673 e. The molecule has 16 heavy (non-hydrogen) atoms. The molecule has 0 unspecified atom stereocenters. The minimum Gasteiger partial charge on any atom is -0.418 e. The van der Waals surface area contributed by atoms with Crippen LogP contribution in [0, 0.1) is 0 Å². The minimum absolute atomic E-state index is 0. The Hall–Kier alpha value is 0.277. The van der Waals surface area contributed by atoms with Crippen molar-refractivity contribution in [3.63, 3.8) is 0 Å². The van der Waals surface area contributed by atoms with Crippen molar-refractivity contribution in [3.8, 4) is 0 Å². The van der Waals surface area contributed by atoms with Crippen LogP contribution in [0.25, 0.3) is 0 Å². The van der Waals surface area contributed by atoms with Gasteiger partial charge in [0, 0.05) is 27.3 Å². The Morgan fingerprint density at radius 3 is 0.312 bits per heavy atom. The van der Waals surface area contributed by atoms with Crippen LogP contribution in [-0.2, 0) is 27.3 Å². The third-order valence-electron chi connectivity index (χ3n) is 0. The van der Waals surface area contributed by atoms with E-state index < -0.39 is 21.8 Å². The van der Waals surface area contributed by atoms with Gasteiger partial charge >= 0.3 is 21.8 Å². The van der Waals surface area contributed by atoms with Gasteiger partial charge in [-0.05, 0) is 0 Å². The summed E-state index contributed by atoms with van der Waals surface area (Å²) in [7, 11) is -18.0. The van der Waals surface area contributed by atoms with Crippen LogP contribution in [0.3, 0.4) is 0 Å². The summed E-state index contributed by atoms with van der Waals surface area (Å²) in [6.07, 6.45) is 0. The SMILES string of the molecule is F[B-](F)(F)F.F[B-](F)(F)F.F[B-](F)(F)F.[Cd]. The summed E-state index contributed by atoms with van der Waals surface area (Å²) in [6.45, 7) is 0. The second-order valence-electron chi connectivity index (χ2n) is 1.48. The fourth-order valence-corrected chi connectivity index (χ4v) is 0. The standard InChI is InChI=1S/3BF4.Cd/c3*2-1(3,4)5;/q3*-1;. The summed E-state index contributed by atoms with van der Waals surface area (Å²) in [5, 5.41) is 0. The molecule has 0 aromatic heterocycles. The number of hydrogen-bond acceptors (Lipinski definition) is 0. The average Bonchev–Trinajstić information content (AvgIpc) is 1.41. The Balaban J connectivity index is -0.0000000655. The fourth-order valence-electron chi connectivity index (χ4n) is 0. The summed E-state index contributed by atoms with van der Waals surface area (Å²) in [6, 6.07) is 0. The van der Waals surface area contributed by atoms with E-state index in [0.717, 1.165) is 0 Å². The van der Waals surface area contributed by atoms with Crippen LogP contribution in [0.1, 0.15) is 0 Å².